The number of benzene rings is 1. The summed E-state index contributed by atoms with van der Waals surface area (Å²) in [6, 6.07) is 6.01. The van der Waals surface area contributed by atoms with Gasteiger partial charge in [-0.05, 0) is 58.2 Å². The minimum atomic E-state index is -0.543. The molecule has 1 fully saturated rings. The van der Waals surface area contributed by atoms with E-state index >= 15 is 0 Å². The Labute approximate surface area is 185 Å². The number of carbonyl (C=O) groups is 2. The van der Waals surface area contributed by atoms with Crippen LogP contribution in [0.25, 0.3) is 10.2 Å². The number of ether oxygens (including phenoxy) is 1. The van der Waals surface area contributed by atoms with Gasteiger partial charge in [0.05, 0.1) is 27.7 Å². The summed E-state index contributed by atoms with van der Waals surface area (Å²) in [7, 11) is 0. The Morgan fingerprint density at radius 3 is 2.90 bits per heavy atom. The summed E-state index contributed by atoms with van der Waals surface area (Å²) >= 11 is 1.44. The Balaban J connectivity index is 1.48. The van der Waals surface area contributed by atoms with Gasteiger partial charge >= 0.3 is 6.09 Å². The fourth-order valence-corrected chi connectivity index (χ4v) is 4.70. The lowest BCUT2D eigenvalue weighted by Crippen LogP contribution is -2.42. The monoisotopic (exact) mass is 441 g/mol. The topological polar surface area (TPSA) is 100 Å². The number of piperidine rings is 1. The molecule has 0 radical (unpaired) electrons. The van der Waals surface area contributed by atoms with Gasteiger partial charge < -0.3 is 9.64 Å². The zero-order chi connectivity index (χ0) is 22.2. The highest BCUT2D eigenvalue weighted by Gasteiger charge is 2.31. The number of aromatic nitrogens is 3. The van der Waals surface area contributed by atoms with Crippen LogP contribution < -0.4 is 5.32 Å². The molecule has 2 N–H and O–H groups in total. The van der Waals surface area contributed by atoms with Crippen molar-refractivity contribution < 1.29 is 14.3 Å². The smallest absolute Gasteiger partial charge is 0.410 e. The van der Waals surface area contributed by atoms with Gasteiger partial charge in [-0.1, -0.05) is 17.4 Å². The first-order valence-corrected chi connectivity index (χ1v) is 11.2. The van der Waals surface area contributed by atoms with Crippen molar-refractivity contribution in [1.29, 1.82) is 0 Å². The fourth-order valence-electron chi connectivity index (χ4n) is 3.74. The van der Waals surface area contributed by atoms with E-state index in [1.165, 1.54) is 17.5 Å². The van der Waals surface area contributed by atoms with Crippen molar-refractivity contribution in [3.05, 3.63) is 41.2 Å². The first-order chi connectivity index (χ1) is 14.7. The number of aryl methyl sites for hydroxylation is 1. The van der Waals surface area contributed by atoms with Crippen molar-refractivity contribution in [2.45, 2.75) is 52.1 Å². The number of rotatable bonds is 3. The standard InChI is InChI=1S/C22H27N5O3S/c1-13-7-8-16-17(10-13)31-20(24-16)25-19(28)15-11-23-26-18(15)14-6-5-9-27(12-14)21(29)30-22(2,3)4/h7-8,10-11,14H,5-6,9,12H2,1-4H3,(H,23,26)(H,24,25,28). The highest BCUT2D eigenvalue weighted by Crippen LogP contribution is 2.30. The van der Waals surface area contributed by atoms with E-state index in [-0.39, 0.29) is 17.9 Å². The van der Waals surface area contributed by atoms with Crippen LogP contribution in [0.5, 0.6) is 0 Å². The molecule has 164 valence electrons. The van der Waals surface area contributed by atoms with Crippen molar-refractivity contribution in [3.8, 4) is 0 Å². The van der Waals surface area contributed by atoms with Crippen LogP contribution in [-0.4, -0.2) is 50.8 Å². The van der Waals surface area contributed by atoms with Gasteiger partial charge in [0.1, 0.15) is 5.60 Å². The lowest BCUT2D eigenvalue weighted by atomic mass is 9.92. The van der Waals surface area contributed by atoms with Crippen LogP contribution in [-0.2, 0) is 4.74 Å². The van der Waals surface area contributed by atoms with Crippen molar-refractivity contribution in [3.63, 3.8) is 0 Å². The number of likely N-dealkylation sites (tertiary alicyclic amines) is 1. The summed E-state index contributed by atoms with van der Waals surface area (Å²) in [5.41, 5.74) is 2.68. The van der Waals surface area contributed by atoms with Crippen LogP contribution in [0.1, 0.15) is 61.1 Å². The summed E-state index contributed by atoms with van der Waals surface area (Å²) in [6.45, 7) is 8.72. The van der Waals surface area contributed by atoms with Gasteiger partial charge in [0.2, 0.25) is 0 Å². The number of fused-ring (bicyclic) bond motifs is 1. The Kier molecular flexibility index (Phi) is 5.70. The fraction of sp³-hybridized carbons (Fsp3) is 0.455. The number of amides is 2. The molecule has 9 heteroatoms. The Hall–Kier alpha value is -2.94. The van der Waals surface area contributed by atoms with Gasteiger partial charge in [-0.3, -0.25) is 15.2 Å². The van der Waals surface area contributed by atoms with E-state index in [1.54, 1.807) is 4.90 Å². The third-order valence-electron chi connectivity index (χ3n) is 5.16. The van der Waals surface area contributed by atoms with E-state index in [1.807, 2.05) is 39.8 Å². The van der Waals surface area contributed by atoms with Gasteiger partial charge in [0.25, 0.3) is 5.91 Å². The number of hydrogen-bond donors (Lipinski definition) is 2. The third-order valence-corrected chi connectivity index (χ3v) is 6.09. The number of H-pyrrole nitrogens is 1. The van der Waals surface area contributed by atoms with Crippen LogP contribution in [0.2, 0.25) is 0 Å². The van der Waals surface area contributed by atoms with E-state index in [4.69, 9.17) is 4.74 Å². The summed E-state index contributed by atoms with van der Waals surface area (Å²) in [5, 5.41) is 10.5. The normalized spacial score (nSPS) is 17.0. The van der Waals surface area contributed by atoms with Gasteiger partial charge in [-0.25, -0.2) is 9.78 Å². The van der Waals surface area contributed by atoms with E-state index in [2.05, 4.69) is 26.6 Å². The van der Waals surface area contributed by atoms with Gasteiger partial charge in [0.15, 0.2) is 5.13 Å². The molecule has 1 unspecified atom stereocenters. The Bertz CT molecular complexity index is 1110. The maximum atomic E-state index is 13.0. The predicted molar refractivity (Wildman–Crippen MR) is 121 cm³/mol. The molecule has 2 aromatic heterocycles. The van der Waals surface area contributed by atoms with E-state index in [0.29, 0.717) is 23.8 Å². The third kappa shape index (κ3) is 4.87. The maximum absolute atomic E-state index is 13.0. The minimum Gasteiger partial charge on any atom is -0.444 e. The number of hydrogen-bond acceptors (Lipinski definition) is 6. The molecule has 3 aromatic rings. The van der Waals surface area contributed by atoms with Crippen molar-refractivity contribution in [1.82, 2.24) is 20.1 Å². The zero-order valence-electron chi connectivity index (χ0n) is 18.2. The molecule has 3 heterocycles. The second-order valence-corrected chi connectivity index (χ2v) is 9.94. The molecule has 31 heavy (non-hydrogen) atoms. The van der Waals surface area contributed by atoms with Gasteiger partial charge in [-0.15, -0.1) is 0 Å². The lowest BCUT2D eigenvalue weighted by molar-refractivity contribution is 0.0197. The molecule has 1 saturated heterocycles. The maximum Gasteiger partial charge on any atom is 0.410 e. The first-order valence-electron chi connectivity index (χ1n) is 10.4. The molecular formula is C22H27N5O3S. The van der Waals surface area contributed by atoms with E-state index in [0.717, 1.165) is 34.3 Å². The predicted octanol–water partition coefficient (Wildman–Crippen LogP) is 4.69. The first kappa shape index (κ1) is 21.3. The van der Waals surface area contributed by atoms with Gasteiger partial charge in [-0.2, -0.15) is 5.10 Å². The molecule has 8 nitrogen and oxygen atoms in total. The second-order valence-electron chi connectivity index (χ2n) is 8.91. The van der Waals surface area contributed by atoms with Crippen molar-refractivity contribution >= 4 is 38.7 Å². The summed E-state index contributed by atoms with van der Waals surface area (Å²) in [4.78, 5) is 31.7. The molecule has 2 amide bonds. The Morgan fingerprint density at radius 1 is 1.32 bits per heavy atom. The van der Waals surface area contributed by atoms with Crippen LogP contribution in [0.3, 0.4) is 0 Å². The lowest BCUT2D eigenvalue weighted by Gasteiger charge is -2.34. The number of carbonyl (C=O) groups excluding carboxylic acids is 2. The highest BCUT2D eigenvalue weighted by atomic mass is 32.1. The average molecular weight is 442 g/mol. The SMILES string of the molecule is Cc1ccc2nc(NC(=O)c3cn[nH]c3C3CCCN(C(=O)OC(C)(C)C)C3)sc2c1. The molecule has 1 aromatic carbocycles. The molecule has 1 aliphatic rings. The molecular weight excluding hydrogens is 414 g/mol. The van der Waals surface area contributed by atoms with E-state index < -0.39 is 5.60 Å². The van der Waals surface area contributed by atoms with Crippen LogP contribution in [0, 0.1) is 6.92 Å². The largest absolute Gasteiger partial charge is 0.444 e. The van der Waals surface area contributed by atoms with Crippen LogP contribution in [0.4, 0.5) is 9.93 Å². The molecule has 0 saturated carbocycles. The Morgan fingerprint density at radius 2 is 2.13 bits per heavy atom. The zero-order valence-corrected chi connectivity index (χ0v) is 19.0. The second kappa shape index (κ2) is 8.30. The highest BCUT2D eigenvalue weighted by molar-refractivity contribution is 7.22. The quantitative estimate of drug-likeness (QED) is 0.614. The van der Waals surface area contributed by atoms with Crippen LogP contribution >= 0.6 is 11.3 Å². The summed E-state index contributed by atoms with van der Waals surface area (Å²) in [6.07, 6.45) is 2.91. The number of aromatic amines is 1. The number of nitrogens with zero attached hydrogens (tertiary/aromatic N) is 3. The number of thiazole rings is 1. The molecule has 0 bridgehead atoms. The molecule has 1 atom stereocenters. The average Bonchev–Trinajstić information content (AvgIpc) is 3.33. The molecule has 4 rings (SSSR count). The summed E-state index contributed by atoms with van der Waals surface area (Å²) < 4.78 is 6.54. The number of anilines is 1. The van der Waals surface area contributed by atoms with Crippen molar-refractivity contribution in [2.24, 2.45) is 0 Å². The molecule has 0 spiro atoms. The van der Waals surface area contributed by atoms with E-state index in [9.17, 15) is 9.59 Å². The van der Waals surface area contributed by atoms with Crippen molar-refractivity contribution in [2.75, 3.05) is 18.4 Å². The number of nitrogens with one attached hydrogen (secondary N) is 2. The van der Waals surface area contributed by atoms with Gasteiger partial charge in [0, 0.05) is 19.0 Å². The summed E-state index contributed by atoms with van der Waals surface area (Å²) in [5.74, 6) is -0.267. The molecule has 1 aliphatic heterocycles. The van der Waals surface area contributed by atoms with Crippen LogP contribution in [0.15, 0.2) is 24.4 Å². The minimum absolute atomic E-state index is 0.0115. The molecule has 0 aliphatic carbocycles.